The zero-order valence-corrected chi connectivity index (χ0v) is 10.4. The SMILES string of the molecule is COC(=O)c1c(C)nn(C)c1N1CCOCC1. The molecule has 6 nitrogen and oxygen atoms in total. The molecule has 0 aromatic carbocycles. The summed E-state index contributed by atoms with van der Waals surface area (Å²) in [6, 6.07) is 0. The monoisotopic (exact) mass is 239 g/mol. The van der Waals surface area contributed by atoms with Crippen LogP contribution in [0.2, 0.25) is 0 Å². The van der Waals surface area contributed by atoms with Crippen molar-refractivity contribution in [3.8, 4) is 0 Å². The fourth-order valence-corrected chi connectivity index (χ4v) is 2.12. The Hall–Kier alpha value is -1.56. The normalized spacial score (nSPS) is 16.1. The van der Waals surface area contributed by atoms with Gasteiger partial charge in [-0.25, -0.2) is 4.79 Å². The van der Waals surface area contributed by atoms with Crippen LogP contribution in [0.15, 0.2) is 0 Å². The molecule has 1 aliphatic heterocycles. The molecule has 0 spiro atoms. The van der Waals surface area contributed by atoms with Gasteiger partial charge in [0.25, 0.3) is 0 Å². The minimum absolute atomic E-state index is 0.336. The summed E-state index contributed by atoms with van der Waals surface area (Å²) < 4.78 is 11.8. The van der Waals surface area contributed by atoms with Crippen LogP contribution in [0.5, 0.6) is 0 Å². The van der Waals surface area contributed by atoms with Gasteiger partial charge >= 0.3 is 5.97 Å². The first kappa shape index (κ1) is 11.9. The molecule has 0 unspecified atom stereocenters. The molecule has 0 radical (unpaired) electrons. The Kier molecular flexibility index (Phi) is 3.33. The highest BCUT2D eigenvalue weighted by Crippen LogP contribution is 2.24. The molecular weight excluding hydrogens is 222 g/mol. The number of hydrogen-bond acceptors (Lipinski definition) is 5. The van der Waals surface area contributed by atoms with Crippen LogP contribution in [0.3, 0.4) is 0 Å². The number of carbonyl (C=O) groups excluding carboxylic acids is 1. The quantitative estimate of drug-likeness (QED) is 0.697. The second-order valence-corrected chi connectivity index (χ2v) is 4.00. The molecule has 0 saturated carbocycles. The summed E-state index contributed by atoms with van der Waals surface area (Å²) in [5, 5.41) is 4.29. The number of anilines is 1. The Balaban J connectivity index is 2.40. The van der Waals surface area contributed by atoms with Gasteiger partial charge in [0.2, 0.25) is 0 Å². The lowest BCUT2D eigenvalue weighted by Gasteiger charge is -2.29. The lowest BCUT2D eigenvalue weighted by molar-refractivity contribution is 0.0599. The second-order valence-electron chi connectivity index (χ2n) is 4.00. The van der Waals surface area contributed by atoms with Gasteiger partial charge in [0.15, 0.2) is 0 Å². The molecule has 17 heavy (non-hydrogen) atoms. The van der Waals surface area contributed by atoms with Gasteiger partial charge in [-0.15, -0.1) is 0 Å². The third-order valence-electron chi connectivity index (χ3n) is 2.89. The molecule has 0 amide bonds. The summed E-state index contributed by atoms with van der Waals surface area (Å²) >= 11 is 0. The van der Waals surface area contributed by atoms with E-state index in [1.165, 1.54) is 7.11 Å². The molecule has 1 saturated heterocycles. The van der Waals surface area contributed by atoms with Crippen LogP contribution in [-0.4, -0.2) is 49.2 Å². The summed E-state index contributed by atoms with van der Waals surface area (Å²) in [6.45, 7) is 4.69. The maximum absolute atomic E-state index is 11.8. The third kappa shape index (κ3) is 2.12. The molecule has 94 valence electrons. The molecular formula is C11H17N3O3. The van der Waals surface area contributed by atoms with E-state index in [4.69, 9.17) is 9.47 Å². The lowest BCUT2D eigenvalue weighted by Crippen LogP contribution is -2.38. The van der Waals surface area contributed by atoms with Gasteiger partial charge in [0, 0.05) is 20.1 Å². The maximum atomic E-state index is 11.8. The Morgan fingerprint density at radius 1 is 1.41 bits per heavy atom. The smallest absolute Gasteiger partial charge is 0.343 e. The molecule has 1 aromatic rings. The van der Waals surface area contributed by atoms with Crippen molar-refractivity contribution in [2.45, 2.75) is 6.92 Å². The first-order valence-corrected chi connectivity index (χ1v) is 5.59. The van der Waals surface area contributed by atoms with Gasteiger partial charge in [0.1, 0.15) is 11.4 Å². The van der Waals surface area contributed by atoms with Crippen LogP contribution in [-0.2, 0) is 16.5 Å². The molecule has 6 heteroatoms. The summed E-state index contributed by atoms with van der Waals surface area (Å²) in [4.78, 5) is 13.9. The molecule has 1 fully saturated rings. The number of aromatic nitrogens is 2. The standard InChI is InChI=1S/C11H17N3O3/c1-8-9(11(15)16-3)10(13(2)12-8)14-4-6-17-7-5-14/h4-7H2,1-3H3. The van der Waals surface area contributed by atoms with Crippen molar-refractivity contribution < 1.29 is 14.3 Å². The van der Waals surface area contributed by atoms with Crippen LogP contribution >= 0.6 is 0 Å². The van der Waals surface area contributed by atoms with Crippen LogP contribution in [0, 0.1) is 6.92 Å². The topological polar surface area (TPSA) is 56.6 Å². The summed E-state index contributed by atoms with van der Waals surface area (Å²) in [7, 11) is 3.22. The van der Waals surface area contributed by atoms with E-state index >= 15 is 0 Å². The van der Waals surface area contributed by atoms with E-state index in [0.717, 1.165) is 18.9 Å². The minimum atomic E-state index is -0.336. The minimum Gasteiger partial charge on any atom is -0.465 e. The molecule has 0 N–H and O–H groups in total. The number of ether oxygens (including phenoxy) is 2. The van der Waals surface area contributed by atoms with Gasteiger partial charge in [0.05, 0.1) is 26.0 Å². The van der Waals surface area contributed by atoms with Crippen molar-refractivity contribution in [3.63, 3.8) is 0 Å². The fourth-order valence-electron chi connectivity index (χ4n) is 2.12. The van der Waals surface area contributed by atoms with Crippen molar-refractivity contribution in [1.29, 1.82) is 0 Å². The van der Waals surface area contributed by atoms with E-state index < -0.39 is 0 Å². The average molecular weight is 239 g/mol. The van der Waals surface area contributed by atoms with Gasteiger partial charge in [-0.05, 0) is 6.92 Å². The van der Waals surface area contributed by atoms with Crippen LogP contribution < -0.4 is 4.90 Å². The van der Waals surface area contributed by atoms with E-state index in [1.54, 1.807) is 4.68 Å². The van der Waals surface area contributed by atoms with Gasteiger partial charge in [-0.3, -0.25) is 4.68 Å². The average Bonchev–Trinajstić information content (AvgIpc) is 2.64. The summed E-state index contributed by atoms with van der Waals surface area (Å²) in [5.74, 6) is 0.481. The first-order valence-electron chi connectivity index (χ1n) is 5.59. The van der Waals surface area contributed by atoms with E-state index in [9.17, 15) is 4.79 Å². The van der Waals surface area contributed by atoms with E-state index in [1.807, 2.05) is 14.0 Å². The van der Waals surface area contributed by atoms with Crippen molar-refractivity contribution in [2.24, 2.45) is 7.05 Å². The largest absolute Gasteiger partial charge is 0.465 e. The van der Waals surface area contributed by atoms with E-state index in [0.29, 0.717) is 24.5 Å². The maximum Gasteiger partial charge on any atom is 0.343 e. The number of nitrogens with zero attached hydrogens (tertiary/aromatic N) is 3. The number of esters is 1. The van der Waals surface area contributed by atoms with Crippen LogP contribution in [0.4, 0.5) is 5.82 Å². The Labute approximate surface area is 100 Å². The molecule has 0 aliphatic carbocycles. The van der Waals surface area contributed by atoms with Crippen molar-refractivity contribution in [3.05, 3.63) is 11.3 Å². The predicted molar refractivity (Wildman–Crippen MR) is 62.3 cm³/mol. The molecule has 2 heterocycles. The van der Waals surface area contributed by atoms with Gasteiger partial charge in [-0.2, -0.15) is 5.10 Å². The predicted octanol–water partition coefficient (Wildman–Crippen LogP) is 0.352. The Morgan fingerprint density at radius 3 is 2.65 bits per heavy atom. The van der Waals surface area contributed by atoms with Gasteiger partial charge < -0.3 is 14.4 Å². The third-order valence-corrected chi connectivity index (χ3v) is 2.89. The van der Waals surface area contributed by atoms with Crippen molar-refractivity contribution in [2.75, 3.05) is 38.3 Å². The lowest BCUT2D eigenvalue weighted by atomic mass is 10.2. The van der Waals surface area contributed by atoms with E-state index in [-0.39, 0.29) is 5.97 Å². The van der Waals surface area contributed by atoms with E-state index in [2.05, 4.69) is 10.00 Å². The number of carbonyl (C=O) groups is 1. The number of rotatable bonds is 2. The molecule has 1 aromatic heterocycles. The summed E-state index contributed by atoms with van der Waals surface area (Å²) in [6.07, 6.45) is 0. The number of hydrogen-bond donors (Lipinski definition) is 0. The highest BCUT2D eigenvalue weighted by molar-refractivity contribution is 5.96. The second kappa shape index (κ2) is 4.75. The number of morpholine rings is 1. The molecule has 0 bridgehead atoms. The Bertz CT molecular complexity index is 422. The number of methoxy groups -OCH3 is 1. The molecule has 1 aliphatic rings. The zero-order chi connectivity index (χ0) is 12.4. The first-order chi connectivity index (χ1) is 8.15. The van der Waals surface area contributed by atoms with Crippen LogP contribution in [0.1, 0.15) is 16.1 Å². The summed E-state index contributed by atoms with van der Waals surface area (Å²) in [5.41, 5.74) is 1.25. The molecule has 2 rings (SSSR count). The van der Waals surface area contributed by atoms with Gasteiger partial charge in [-0.1, -0.05) is 0 Å². The fraction of sp³-hybridized carbons (Fsp3) is 0.636. The van der Waals surface area contributed by atoms with Crippen molar-refractivity contribution >= 4 is 11.8 Å². The highest BCUT2D eigenvalue weighted by atomic mass is 16.5. The number of aryl methyl sites for hydroxylation is 2. The molecule has 0 atom stereocenters. The van der Waals surface area contributed by atoms with Crippen molar-refractivity contribution in [1.82, 2.24) is 9.78 Å². The Morgan fingerprint density at radius 2 is 2.06 bits per heavy atom. The highest BCUT2D eigenvalue weighted by Gasteiger charge is 2.26. The zero-order valence-electron chi connectivity index (χ0n) is 10.4. The van der Waals surface area contributed by atoms with Crippen LogP contribution in [0.25, 0.3) is 0 Å².